The summed E-state index contributed by atoms with van der Waals surface area (Å²) in [5.41, 5.74) is 0. The van der Waals surface area contributed by atoms with Gasteiger partial charge in [0, 0.05) is 24.8 Å². The Bertz CT molecular complexity index is 225. The van der Waals surface area contributed by atoms with E-state index in [0.29, 0.717) is 12.2 Å². The zero-order valence-electron chi connectivity index (χ0n) is 7.01. The monoisotopic (exact) mass is 167 g/mol. The van der Waals surface area contributed by atoms with E-state index in [4.69, 9.17) is 0 Å². The SMILES string of the molecule is O=C1CC[C@@H]2C(=O)CCC[C@H]2N1. The van der Waals surface area contributed by atoms with E-state index in [1.165, 1.54) is 0 Å². The van der Waals surface area contributed by atoms with Gasteiger partial charge < -0.3 is 5.32 Å². The minimum Gasteiger partial charge on any atom is -0.353 e. The van der Waals surface area contributed by atoms with Crippen LogP contribution in [0.4, 0.5) is 0 Å². The Morgan fingerprint density at radius 3 is 2.83 bits per heavy atom. The Morgan fingerprint density at radius 2 is 2.00 bits per heavy atom. The van der Waals surface area contributed by atoms with Crippen molar-refractivity contribution in [3.8, 4) is 0 Å². The average Bonchev–Trinajstić information content (AvgIpc) is 2.04. The molecular formula is C9H13NO2. The van der Waals surface area contributed by atoms with Gasteiger partial charge in [-0.2, -0.15) is 0 Å². The molecule has 2 rings (SSSR count). The Labute approximate surface area is 71.5 Å². The van der Waals surface area contributed by atoms with Crippen molar-refractivity contribution in [2.45, 2.75) is 38.1 Å². The van der Waals surface area contributed by atoms with E-state index in [0.717, 1.165) is 25.7 Å². The first kappa shape index (κ1) is 7.77. The largest absolute Gasteiger partial charge is 0.353 e. The van der Waals surface area contributed by atoms with Crippen molar-refractivity contribution in [1.82, 2.24) is 5.32 Å². The molecule has 2 atom stereocenters. The lowest BCUT2D eigenvalue weighted by atomic mass is 9.78. The molecule has 66 valence electrons. The molecule has 0 aromatic heterocycles. The third-order valence-corrected chi connectivity index (χ3v) is 2.87. The number of piperidine rings is 1. The van der Waals surface area contributed by atoms with Gasteiger partial charge in [-0.15, -0.1) is 0 Å². The number of carbonyl (C=O) groups is 2. The van der Waals surface area contributed by atoms with Crippen LogP contribution in [0.1, 0.15) is 32.1 Å². The minimum atomic E-state index is 0.117. The first-order chi connectivity index (χ1) is 5.77. The van der Waals surface area contributed by atoms with Gasteiger partial charge in [0.25, 0.3) is 0 Å². The molecule has 0 aromatic rings. The summed E-state index contributed by atoms with van der Waals surface area (Å²) in [6, 6.07) is 0.160. The van der Waals surface area contributed by atoms with Crippen LogP contribution in [0.25, 0.3) is 0 Å². The summed E-state index contributed by atoms with van der Waals surface area (Å²) >= 11 is 0. The molecule has 0 aromatic carbocycles. The predicted octanol–water partition coefficient (Wildman–Crippen LogP) is 0.634. The highest BCUT2D eigenvalue weighted by molar-refractivity contribution is 5.86. The summed E-state index contributed by atoms with van der Waals surface area (Å²) < 4.78 is 0. The van der Waals surface area contributed by atoms with Crippen molar-refractivity contribution in [2.75, 3.05) is 0 Å². The second kappa shape index (κ2) is 2.88. The standard InChI is InChI=1S/C9H13NO2/c11-8-3-1-2-7-6(8)4-5-9(12)10-7/h6-7H,1-5H2,(H,10,12)/t6-,7+/m0/s1. The van der Waals surface area contributed by atoms with Crippen LogP contribution in [0.15, 0.2) is 0 Å². The lowest BCUT2D eigenvalue weighted by molar-refractivity contribution is -0.131. The van der Waals surface area contributed by atoms with Gasteiger partial charge in [-0.25, -0.2) is 0 Å². The molecule has 0 radical (unpaired) electrons. The van der Waals surface area contributed by atoms with Gasteiger partial charge in [0.05, 0.1) is 0 Å². The topological polar surface area (TPSA) is 46.2 Å². The molecule has 2 fully saturated rings. The van der Waals surface area contributed by atoms with Crippen LogP contribution >= 0.6 is 0 Å². The quantitative estimate of drug-likeness (QED) is 0.575. The fourth-order valence-corrected chi connectivity index (χ4v) is 2.21. The van der Waals surface area contributed by atoms with Crippen LogP contribution in [-0.4, -0.2) is 17.7 Å². The molecule has 1 heterocycles. The maximum absolute atomic E-state index is 11.4. The second-order valence-corrected chi connectivity index (χ2v) is 3.68. The molecule has 1 saturated heterocycles. The fraction of sp³-hybridized carbons (Fsp3) is 0.778. The highest BCUT2D eigenvalue weighted by Gasteiger charge is 2.35. The highest BCUT2D eigenvalue weighted by atomic mass is 16.2. The average molecular weight is 167 g/mol. The number of ketones is 1. The van der Waals surface area contributed by atoms with Gasteiger partial charge in [0.15, 0.2) is 0 Å². The van der Waals surface area contributed by atoms with E-state index in [2.05, 4.69) is 5.32 Å². The van der Waals surface area contributed by atoms with Gasteiger partial charge >= 0.3 is 0 Å². The van der Waals surface area contributed by atoms with E-state index in [-0.39, 0.29) is 17.9 Å². The van der Waals surface area contributed by atoms with E-state index < -0.39 is 0 Å². The maximum Gasteiger partial charge on any atom is 0.220 e. The number of rotatable bonds is 0. The lowest BCUT2D eigenvalue weighted by Gasteiger charge is -2.34. The molecule has 1 saturated carbocycles. The smallest absolute Gasteiger partial charge is 0.220 e. The van der Waals surface area contributed by atoms with E-state index in [9.17, 15) is 9.59 Å². The van der Waals surface area contributed by atoms with Crippen molar-refractivity contribution in [3.63, 3.8) is 0 Å². The zero-order valence-corrected chi connectivity index (χ0v) is 7.01. The Balaban J connectivity index is 2.09. The number of hydrogen-bond donors (Lipinski definition) is 1. The summed E-state index contributed by atoms with van der Waals surface area (Å²) in [6.45, 7) is 0. The molecule has 0 bridgehead atoms. The van der Waals surface area contributed by atoms with Gasteiger partial charge in [-0.1, -0.05) is 0 Å². The van der Waals surface area contributed by atoms with Crippen LogP contribution in [0.3, 0.4) is 0 Å². The third kappa shape index (κ3) is 1.24. The molecule has 1 N–H and O–H groups in total. The van der Waals surface area contributed by atoms with Gasteiger partial charge in [0.1, 0.15) is 5.78 Å². The summed E-state index contributed by atoms with van der Waals surface area (Å²) in [4.78, 5) is 22.4. The van der Waals surface area contributed by atoms with Crippen molar-refractivity contribution in [3.05, 3.63) is 0 Å². The number of hydrogen-bond acceptors (Lipinski definition) is 2. The summed E-state index contributed by atoms with van der Waals surface area (Å²) in [5.74, 6) is 0.605. The first-order valence-electron chi connectivity index (χ1n) is 4.59. The summed E-state index contributed by atoms with van der Waals surface area (Å²) in [5, 5.41) is 2.89. The molecule has 1 aliphatic carbocycles. The molecule has 1 aliphatic heterocycles. The number of carbonyl (C=O) groups excluding carboxylic acids is 2. The fourth-order valence-electron chi connectivity index (χ4n) is 2.21. The molecule has 0 spiro atoms. The van der Waals surface area contributed by atoms with Crippen molar-refractivity contribution < 1.29 is 9.59 Å². The van der Waals surface area contributed by atoms with E-state index in [1.807, 2.05) is 0 Å². The van der Waals surface area contributed by atoms with Crippen LogP contribution < -0.4 is 5.32 Å². The van der Waals surface area contributed by atoms with Crippen molar-refractivity contribution in [1.29, 1.82) is 0 Å². The van der Waals surface area contributed by atoms with Crippen molar-refractivity contribution >= 4 is 11.7 Å². The van der Waals surface area contributed by atoms with E-state index >= 15 is 0 Å². The normalized spacial score (nSPS) is 35.7. The van der Waals surface area contributed by atoms with Crippen LogP contribution in [-0.2, 0) is 9.59 Å². The second-order valence-electron chi connectivity index (χ2n) is 3.68. The highest BCUT2D eigenvalue weighted by Crippen LogP contribution is 2.27. The van der Waals surface area contributed by atoms with Gasteiger partial charge in [0.2, 0.25) is 5.91 Å². The summed E-state index contributed by atoms with van der Waals surface area (Å²) in [7, 11) is 0. The lowest BCUT2D eigenvalue weighted by Crippen LogP contribution is -2.49. The van der Waals surface area contributed by atoms with Crippen LogP contribution in [0, 0.1) is 5.92 Å². The number of Topliss-reactive ketones (excluding diaryl/α,β-unsaturated/α-hetero) is 1. The predicted molar refractivity (Wildman–Crippen MR) is 43.5 cm³/mol. The van der Waals surface area contributed by atoms with Crippen LogP contribution in [0.2, 0.25) is 0 Å². The molecule has 3 nitrogen and oxygen atoms in total. The maximum atomic E-state index is 11.4. The minimum absolute atomic E-state index is 0.117. The molecule has 2 aliphatic rings. The zero-order chi connectivity index (χ0) is 8.55. The summed E-state index contributed by atoms with van der Waals surface area (Å²) in [6.07, 6.45) is 3.96. The van der Waals surface area contributed by atoms with Crippen molar-refractivity contribution in [2.24, 2.45) is 5.92 Å². The number of fused-ring (bicyclic) bond motifs is 1. The third-order valence-electron chi connectivity index (χ3n) is 2.87. The van der Waals surface area contributed by atoms with E-state index in [1.54, 1.807) is 0 Å². The Kier molecular flexibility index (Phi) is 1.87. The molecule has 12 heavy (non-hydrogen) atoms. The molecule has 1 amide bonds. The molecule has 3 heteroatoms. The first-order valence-corrected chi connectivity index (χ1v) is 4.59. The number of amides is 1. The molecule has 0 unspecified atom stereocenters. The van der Waals surface area contributed by atoms with Gasteiger partial charge in [-0.3, -0.25) is 9.59 Å². The van der Waals surface area contributed by atoms with Gasteiger partial charge in [-0.05, 0) is 19.3 Å². The number of nitrogens with one attached hydrogen (secondary N) is 1. The Morgan fingerprint density at radius 1 is 1.17 bits per heavy atom. The Hall–Kier alpha value is -0.860. The molecular weight excluding hydrogens is 154 g/mol. The van der Waals surface area contributed by atoms with Crippen LogP contribution in [0.5, 0.6) is 0 Å².